The van der Waals surface area contributed by atoms with Crippen LogP contribution < -0.4 is 14.4 Å². The highest BCUT2D eigenvalue weighted by Crippen LogP contribution is 2.38. The SMILES string of the molecule is COc1ccc(N(C(=O)c2cc(-c3cc4c(cc3C(=O)N3Cc5ccccc5C[C@H]3C)CN(C(=O)Cc3ccc(OCCN5CCOCC5)cc3)CC4)n(C)c2C)c2ccc(O)cc2)cc1C#N. The van der Waals surface area contributed by atoms with E-state index in [1.807, 2.05) is 76.9 Å². The molecule has 1 saturated heterocycles. The molecular weight excluding hydrogens is 857 g/mol. The van der Waals surface area contributed by atoms with Crippen molar-refractivity contribution in [3.63, 3.8) is 0 Å². The van der Waals surface area contributed by atoms with Gasteiger partial charge in [0.1, 0.15) is 29.9 Å². The molecule has 13 nitrogen and oxygen atoms in total. The fraction of sp³-hybridized carbons (Fsp3) is 0.309. The standard InChI is InChI=1S/C55H56N6O7/c1-36-27-39-7-5-6-8-41(39)35-60(36)54(64)50-31-43-34-59(53(63)28-38-9-16-47(17-10-38)68-26-23-58-21-24-67-25-22-58)20-19-40(43)30-49(50)51-32-48(37(2)57(51)3)55(65)61(44-11-14-46(62)15-12-44)45-13-18-52(66-4)42(29-45)33-56/h5-18,29-32,36,62H,19-28,34-35H2,1-4H3/t36-/m1/s1. The van der Waals surface area contributed by atoms with Crippen molar-refractivity contribution in [3.8, 4) is 34.6 Å². The van der Waals surface area contributed by atoms with Crippen LogP contribution in [0.2, 0.25) is 0 Å². The van der Waals surface area contributed by atoms with E-state index in [0.717, 1.165) is 67.3 Å². The second-order valence-corrected chi connectivity index (χ2v) is 17.9. The van der Waals surface area contributed by atoms with Crippen molar-refractivity contribution < 1.29 is 33.7 Å². The summed E-state index contributed by atoms with van der Waals surface area (Å²) in [4.78, 5) is 51.8. The maximum atomic E-state index is 15.2. The zero-order chi connectivity index (χ0) is 47.5. The molecule has 1 N–H and O–H groups in total. The summed E-state index contributed by atoms with van der Waals surface area (Å²) in [6, 6.07) is 35.3. The number of phenolic OH excluding ortho intramolecular Hbond substituents is 1. The Labute approximate surface area is 397 Å². The number of hydrogen-bond donors (Lipinski definition) is 1. The van der Waals surface area contributed by atoms with E-state index in [1.165, 1.54) is 29.7 Å². The molecule has 9 rings (SSSR count). The molecule has 6 aromatic rings. The maximum Gasteiger partial charge on any atom is 0.264 e. The molecule has 0 saturated carbocycles. The van der Waals surface area contributed by atoms with Gasteiger partial charge in [-0.1, -0.05) is 36.4 Å². The van der Waals surface area contributed by atoms with E-state index in [4.69, 9.17) is 14.2 Å². The topological polar surface area (TPSA) is 141 Å². The quantitative estimate of drug-likeness (QED) is 0.129. The number of rotatable bonds is 12. The first-order chi connectivity index (χ1) is 33.0. The number of phenols is 1. The Kier molecular flexibility index (Phi) is 13.3. The second-order valence-electron chi connectivity index (χ2n) is 17.9. The minimum absolute atomic E-state index is 0.00740. The third-order valence-electron chi connectivity index (χ3n) is 13.7. The third kappa shape index (κ3) is 9.43. The minimum Gasteiger partial charge on any atom is -0.508 e. The van der Waals surface area contributed by atoms with Gasteiger partial charge in [0.2, 0.25) is 5.91 Å². The lowest BCUT2D eigenvalue weighted by Crippen LogP contribution is -2.43. The van der Waals surface area contributed by atoms with Crippen LogP contribution in [0.3, 0.4) is 0 Å². The number of nitrogens with zero attached hydrogens (tertiary/aromatic N) is 6. The zero-order valence-electron chi connectivity index (χ0n) is 39.0. The number of fused-ring (bicyclic) bond motifs is 2. The van der Waals surface area contributed by atoms with Crippen molar-refractivity contribution in [1.82, 2.24) is 19.3 Å². The number of hydrogen-bond acceptors (Lipinski definition) is 9. The molecule has 3 aliphatic heterocycles. The predicted octanol–water partition coefficient (Wildman–Crippen LogP) is 7.99. The molecule has 0 bridgehead atoms. The molecule has 5 aromatic carbocycles. The minimum atomic E-state index is -0.365. The molecule has 1 fully saturated rings. The molecule has 4 heterocycles. The Hall–Kier alpha value is -7.40. The number of carbonyl (C=O) groups excluding carboxylic acids is 3. The molecule has 1 aromatic heterocycles. The third-order valence-corrected chi connectivity index (χ3v) is 13.7. The normalized spacial score (nSPS) is 15.8. The van der Waals surface area contributed by atoms with Crippen LogP contribution in [0, 0.1) is 18.3 Å². The number of nitriles is 1. The Balaban J connectivity index is 1.03. The number of benzene rings is 5. The van der Waals surface area contributed by atoms with E-state index in [2.05, 4.69) is 36.1 Å². The van der Waals surface area contributed by atoms with Crippen molar-refractivity contribution in [2.45, 2.75) is 52.2 Å². The van der Waals surface area contributed by atoms with Gasteiger partial charge in [0.15, 0.2) is 0 Å². The number of ether oxygens (including phenoxy) is 3. The average Bonchev–Trinajstić information content (AvgIpc) is 3.66. The lowest BCUT2D eigenvalue weighted by molar-refractivity contribution is -0.131. The average molecular weight is 913 g/mol. The van der Waals surface area contributed by atoms with E-state index in [1.54, 1.807) is 30.3 Å². The lowest BCUT2D eigenvalue weighted by atomic mass is 9.89. The van der Waals surface area contributed by atoms with Gasteiger partial charge in [0.25, 0.3) is 11.8 Å². The number of anilines is 2. The molecule has 13 heteroatoms. The molecule has 348 valence electrons. The number of methoxy groups -OCH3 is 1. The predicted molar refractivity (Wildman–Crippen MR) is 259 cm³/mol. The largest absolute Gasteiger partial charge is 0.508 e. The van der Waals surface area contributed by atoms with Gasteiger partial charge in [0, 0.05) is 80.6 Å². The molecule has 3 amide bonds. The molecule has 0 spiro atoms. The van der Waals surface area contributed by atoms with E-state index < -0.39 is 0 Å². The van der Waals surface area contributed by atoms with Gasteiger partial charge in [0.05, 0.1) is 43.6 Å². The molecule has 0 radical (unpaired) electrons. The van der Waals surface area contributed by atoms with E-state index in [9.17, 15) is 15.2 Å². The van der Waals surface area contributed by atoms with Crippen LogP contribution in [0.4, 0.5) is 11.4 Å². The first kappa shape index (κ1) is 45.7. The number of aromatic nitrogens is 1. The highest BCUT2D eigenvalue weighted by atomic mass is 16.5. The number of morpholine rings is 1. The molecule has 0 aliphatic carbocycles. The van der Waals surface area contributed by atoms with Gasteiger partial charge in [-0.25, -0.2) is 0 Å². The van der Waals surface area contributed by atoms with Gasteiger partial charge in [-0.05, 0) is 127 Å². The van der Waals surface area contributed by atoms with Crippen molar-refractivity contribution in [2.24, 2.45) is 7.05 Å². The van der Waals surface area contributed by atoms with E-state index >= 15 is 9.59 Å². The van der Waals surface area contributed by atoms with Crippen LogP contribution in [-0.2, 0) is 48.9 Å². The highest BCUT2D eigenvalue weighted by Gasteiger charge is 2.33. The van der Waals surface area contributed by atoms with E-state index in [0.29, 0.717) is 77.9 Å². The summed E-state index contributed by atoms with van der Waals surface area (Å²) in [6.45, 7) is 10.0. The van der Waals surface area contributed by atoms with E-state index in [-0.39, 0.29) is 41.5 Å². The van der Waals surface area contributed by atoms with Gasteiger partial charge in [-0.2, -0.15) is 5.26 Å². The Bertz CT molecular complexity index is 2900. The summed E-state index contributed by atoms with van der Waals surface area (Å²) in [5, 5.41) is 20.2. The monoisotopic (exact) mass is 912 g/mol. The first-order valence-electron chi connectivity index (χ1n) is 23.2. The number of aromatic hydroxyl groups is 1. The summed E-state index contributed by atoms with van der Waals surface area (Å²) in [7, 11) is 3.38. The first-order valence-corrected chi connectivity index (χ1v) is 23.2. The Morgan fingerprint density at radius 3 is 2.31 bits per heavy atom. The summed E-state index contributed by atoms with van der Waals surface area (Å²) in [6.07, 6.45) is 1.56. The summed E-state index contributed by atoms with van der Waals surface area (Å²) in [5.74, 6) is 0.709. The molecule has 3 aliphatic rings. The van der Waals surface area contributed by atoms with Crippen LogP contribution in [0.15, 0.2) is 109 Å². The van der Waals surface area contributed by atoms with Gasteiger partial charge in [-0.3, -0.25) is 24.2 Å². The van der Waals surface area contributed by atoms with Crippen LogP contribution in [0.25, 0.3) is 11.3 Å². The van der Waals surface area contributed by atoms with Crippen LogP contribution >= 0.6 is 0 Å². The van der Waals surface area contributed by atoms with Crippen molar-refractivity contribution in [1.29, 1.82) is 5.26 Å². The van der Waals surface area contributed by atoms with Crippen LogP contribution in [-0.4, -0.2) is 101 Å². The van der Waals surface area contributed by atoms with Gasteiger partial charge >= 0.3 is 0 Å². The van der Waals surface area contributed by atoms with Gasteiger partial charge in [-0.15, -0.1) is 0 Å². The lowest BCUT2D eigenvalue weighted by Gasteiger charge is -2.36. The Morgan fingerprint density at radius 1 is 0.838 bits per heavy atom. The highest BCUT2D eigenvalue weighted by molar-refractivity contribution is 6.13. The smallest absolute Gasteiger partial charge is 0.264 e. The van der Waals surface area contributed by atoms with Crippen molar-refractivity contribution >= 4 is 29.1 Å². The molecule has 0 unspecified atom stereocenters. The van der Waals surface area contributed by atoms with Crippen molar-refractivity contribution in [2.75, 3.05) is 58.0 Å². The fourth-order valence-electron chi connectivity index (χ4n) is 9.63. The summed E-state index contributed by atoms with van der Waals surface area (Å²) < 4.78 is 18.8. The summed E-state index contributed by atoms with van der Waals surface area (Å²) >= 11 is 0. The van der Waals surface area contributed by atoms with Gasteiger partial charge < -0.3 is 33.7 Å². The van der Waals surface area contributed by atoms with Crippen LogP contribution in [0.1, 0.15) is 66.7 Å². The summed E-state index contributed by atoms with van der Waals surface area (Å²) in [5.41, 5.74) is 9.32. The second kappa shape index (κ2) is 19.8. The Morgan fingerprint density at radius 2 is 1.57 bits per heavy atom. The maximum absolute atomic E-state index is 15.2. The number of amides is 3. The molecule has 1 atom stereocenters. The van der Waals surface area contributed by atoms with Crippen molar-refractivity contribution in [3.05, 3.63) is 159 Å². The fourth-order valence-corrected chi connectivity index (χ4v) is 9.63. The molecular formula is C55H56N6O7. The van der Waals surface area contributed by atoms with Crippen LogP contribution in [0.5, 0.6) is 17.2 Å². The molecule has 68 heavy (non-hydrogen) atoms. The number of carbonyl (C=O) groups is 3. The zero-order valence-corrected chi connectivity index (χ0v) is 39.0.